The molecule has 26 heavy (non-hydrogen) atoms. The van der Waals surface area contributed by atoms with Gasteiger partial charge in [-0.05, 0) is 38.3 Å². The lowest BCUT2D eigenvalue weighted by Crippen LogP contribution is -2.47. The third-order valence-electron chi connectivity index (χ3n) is 4.45. The summed E-state index contributed by atoms with van der Waals surface area (Å²) < 4.78 is 5.31. The molecule has 1 aliphatic rings. The number of carbonyl (C=O) groups is 2. The van der Waals surface area contributed by atoms with E-state index in [-0.39, 0.29) is 17.9 Å². The summed E-state index contributed by atoms with van der Waals surface area (Å²) >= 11 is 1.53. The maximum absolute atomic E-state index is 12.8. The second kappa shape index (κ2) is 11.1. The van der Waals surface area contributed by atoms with Gasteiger partial charge >= 0.3 is 0 Å². The van der Waals surface area contributed by atoms with Crippen LogP contribution in [0.5, 0.6) is 0 Å². The van der Waals surface area contributed by atoms with Gasteiger partial charge in [-0.15, -0.1) is 17.9 Å². The van der Waals surface area contributed by atoms with Crippen molar-refractivity contribution in [2.24, 2.45) is 0 Å². The van der Waals surface area contributed by atoms with E-state index >= 15 is 0 Å². The molecule has 5 nitrogen and oxygen atoms in total. The first-order chi connectivity index (χ1) is 12.6. The Morgan fingerprint density at radius 2 is 2.23 bits per heavy atom. The average Bonchev–Trinajstić information content (AvgIpc) is 3.03. The Hall–Kier alpha value is -1.66. The predicted octanol–water partition coefficient (Wildman–Crippen LogP) is 3.54. The molecule has 0 radical (unpaired) electrons. The first-order valence-corrected chi connectivity index (χ1v) is 10.3. The highest BCUT2D eigenvalue weighted by molar-refractivity contribution is 7.13. The second-order valence-electron chi connectivity index (χ2n) is 6.74. The summed E-state index contributed by atoms with van der Waals surface area (Å²) in [5.74, 6) is 0.124. The summed E-state index contributed by atoms with van der Waals surface area (Å²) in [4.78, 5) is 28.8. The Morgan fingerprint density at radius 3 is 2.96 bits per heavy atom. The zero-order chi connectivity index (χ0) is 18.8. The van der Waals surface area contributed by atoms with Gasteiger partial charge in [0.1, 0.15) is 0 Å². The van der Waals surface area contributed by atoms with E-state index in [4.69, 9.17) is 4.74 Å². The highest BCUT2D eigenvalue weighted by atomic mass is 32.1. The normalized spacial score (nSPS) is 18.0. The van der Waals surface area contributed by atoms with E-state index in [1.807, 2.05) is 24.0 Å². The summed E-state index contributed by atoms with van der Waals surface area (Å²) in [7, 11) is 0. The van der Waals surface area contributed by atoms with Crippen molar-refractivity contribution in [1.82, 2.24) is 10.2 Å². The lowest BCUT2D eigenvalue weighted by Gasteiger charge is -2.30. The number of hydrogen-bond donors (Lipinski definition) is 1. The fraction of sp³-hybridized carbons (Fsp3) is 0.600. The fourth-order valence-corrected chi connectivity index (χ4v) is 3.96. The first-order valence-electron chi connectivity index (χ1n) is 9.44. The van der Waals surface area contributed by atoms with Crippen molar-refractivity contribution in [3.05, 3.63) is 34.5 Å². The molecule has 2 rings (SSSR count). The molecule has 6 heteroatoms. The SMILES string of the molecule is C=CCOCCCC(=O)NC1CCCCCN(C(=O)c2ccc(C)s2)C1. The van der Waals surface area contributed by atoms with Gasteiger partial charge in [0, 0.05) is 37.0 Å². The van der Waals surface area contributed by atoms with Crippen molar-refractivity contribution in [1.29, 1.82) is 0 Å². The van der Waals surface area contributed by atoms with Gasteiger partial charge in [0.2, 0.25) is 5.91 Å². The van der Waals surface area contributed by atoms with Gasteiger partial charge < -0.3 is 15.0 Å². The predicted molar refractivity (Wildman–Crippen MR) is 106 cm³/mol. The molecular weight excluding hydrogens is 348 g/mol. The van der Waals surface area contributed by atoms with Crippen LogP contribution >= 0.6 is 11.3 Å². The number of nitrogens with one attached hydrogen (secondary N) is 1. The molecule has 0 bridgehead atoms. The van der Waals surface area contributed by atoms with Crippen LogP contribution in [0.25, 0.3) is 0 Å². The van der Waals surface area contributed by atoms with E-state index in [1.165, 1.54) is 11.3 Å². The first kappa shape index (κ1) is 20.6. The van der Waals surface area contributed by atoms with Crippen LogP contribution < -0.4 is 5.32 Å². The highest BCUT2D eigenvalue weighted by Gasteiger charge is 2.23. The molecule has 1 saturated heterocycles. The number of carbonyl (C=O) groups excluding carboxylic acids is 2. The minimum absolute atomic E-state index is 0.0295. The van der Waals surface area contributed by atoms with Gasteiger partial charge in [-0.2, -0.15) is 0 Å². The largest absolute Gasteiger partial charge is 0.377 e. The molecule has 1 fully saturated rings. The quantitative estimate of drug-likeness (QED) is 0.556. The second-order valence-corrected chi connectivity index (χ2v) is 8.03. The number of hydrogen-bond acceptors (Lipinski definition) is 4. The Morgan fingerprint density at radius 1 is 1.38 bits per heavy atom. The van der Waals surface area contributed by atoms with Crippen molar-refractivity contribution < 1.29 is 14.3 Å². The zero-order valence-corrected chi connectivity index (χ0v) is 16.5. The molecule has 1 aliphatic heterocycles. The maximum Gasteiger partial charge on any atom is 0.263 e. The van der Waals surface area contributed by atoms with E-state index in [0.717, 1.165) is 42.0 Å². The van der Waals surface area contributed by atoms with Crippen LogP contribution in [0.2, 0.25) is 0 Å². The van der Waals surface area contributed by atoms with E-state index in [0.29, 0.717) is 32.6 Å². The lowest BCUT2D eigenvalue weighted by molar-refractivity contribution is -0.122. The molecule has 0 aromatic carbocycles. The van der Waals surface area contributed by atoms with Crippen molar-refractivity contribution in [3.8, 4) is 0 Å². The van der Waals surface area contributed by atoms with Gasteiger partial charge in [0.05, 0.1) is 11.5 Å². The molecule has 0 aliphatic carbocycles. The van der Waals surface area contributed by atoms with Gasteiger partial charge in [-0.1, -0.05) is 18.9 Å². The van der Waals surface area contributed by atoms with Crippen LogP contribution in [0.15, 0.2) is 24.8 Å². The summed E-state index contributed by atoms with van der Waals surface area (Å²) in [6.45, 7) is 8.04. The summed E-state index contributed by atoms with van der Waals surface area (Å²) in [5, 5.41) is 3.11. The van der Waals surface area contributed by atoms with Crippen molar-refractivity contribution in [2.45, 2.75) is 51.5 Å². The fourth-order valence-electron chi connectivity index (χ4n) is 3.13. The summed E-state index contributed by atoms with van der Waals surface area (Å²) in [6.07, 6.45) is 6.98. The Kier molecular flexibility index (Phi) is 8.85. The van der Waals surface area contributed by atoms with E-state index in [2.05, 4.69) is 11.9 Å². The van der Waals surface area contributed by atoms with Gasteiger partial charge in [-0.3, -0.25) is 9.59 Å². The van der Waals surface area contributed by atoms with Crippen molar-refractivity contribution in [3.63, 3.8) is 0 Å². The molecule has 0 saturated carbocycles. The topological polar surface area (TPSA) is 58.6 Å². The van der Waals surface area contributed by atoms with E-state index in [1.54, 1.807) is 6.08 Å². The standard InChI is InChI=1S/C20H30N2O3S/c1-3-13-25-14-7-9-19(23)21-17-8-5-4-6-12-22(15-17)20(24)18-11-10-16(2)26-18/h3,10-11,17H,1,4-9,12-15H2,2H3,(H,21,23). The van der Waals surface area contributed by atoms with Crippen molar-refractivity contribution in [2.75, 3.05) is 26.3 Å². The van der Waals surface area contributed by atoms with Crippen LogP contribution in [0.1, 0.15) is 53.1 Å². The highest BCUT2D eigenvalue weighted by Crippen LogP contribution is 2.20. The van der Waals surface area contributed by atoms with Gasteiger partial charge in [0.15, 0.2) is 0 Å². The van der Waals surface area contributed by atoms with Crippen molar-refractivity contribution >= 4 is 23.2 Å². The maximum atomic E-state index is 12.8. The third-order valence-corrected chi connectivity index (χ3v) is 5.44. The minimum atomic E-state index is 0.0295. The Balaban J connectivity index is 1.85. The number of nitrogens with zero attached hydrogens (tertiary/aromatic N) is 1. The number of aryl methyl sites for hydroxylation is 1. The smallest absolute Gasteiger partial charge is 0.263 e. The summed E-state index contributed by atoms with van der Waals surface area (Å²) in [6, 6.07) is 3.91. The molecule has 144 valence electrons. The van der Waals surface area contributed by atoms with E-state index < -0.39 is 0 Å². The van der Waals surface area contributed by atoms with Gasteiger partial charge in [0.25, 0.3) is 5.91 Å². The number of thiophene rings is 1. The molecule has 2 heterocycles. The molecule has 0 spiro atoms. The number of amides is 2. The van der Waals surface area contributed by atoms with Crippen LogP contribution in [0.4, 0.5) is 0 Å². The minimum Gasteiger partial charge on any atom is -0.377 e. The Bertz CT molecular complexity index is 600. The molecule has 1 atom stereocenters. The van der Waals surface area contributed by atoms with Crippen LogP contribution in [-0.4, -0.2) is 49.1 Å². The Labute approximate surface area is 160 Å². The molecule has 1 aromatic rings. The number of likely N-dealkylation sites (tertiary alicyclic amines) is 1. The van der Waals surface area contributed by atoms with Gasteiger partial charge in [-0.25, -0.2) is 0 Å². The average molecular weight is 379 g/mol. The molecular formula is C20H30N2O3S. The van der Waals surface area contributed by atoms with Crippen LogP contribution in [-0.2, 0) is 9.53 Å². The molecule has 1 aromatic heterocycles. The third kappa shape index (κ3) is 6.92. The number of rotatable bonds is 8. The van der Waals surface area contributed by atoms with E-state index in [9.17, 15) is 9.59 Å². The van der Waals surface area contributed by atoms with Crippen LogP contribution in [0.3, 0.4) is 0 Å². The monoisotopic (exact) mass is 378 g/mol. The number of ether oxygens (including phenoxy) is 1. The summed E-state index contributed by atoms with van der Waals surface area (Å²) in [5.41, 5.74) is 0. The zero-order valence-electron chi connectivity index (χ0n) is 15.7. The lowest BCUT2D eigenvalue weighted by atomic mass is 10.0. The molecule has 1 unspecified atom stereocenters. The van der Waals surface area contributed by atoms with Crippen LogP contribution in [0, 0.1) is 6.92 Å². The molecule has 1 N–H and O–H groups in total. The molecule has 2 amide bonds.